The molecule has 1 aromatic rings. The molecule has 6 nitrogen and oxygen atoms in total. The number of morpholine rings is 1. The molecule has 2 atom stereocenters. The van der Waals surface area contributed by atoms with Crippen molar-refractivity contribution in [1.29, 1.82) is 0 Å². The molecule has 2 heterocycles. The van der Waals surface area contributed by atoms with Gasteiger partial charge in [-0.15, -0.1) is 11.3 Å². The Labute approximate surface area is 129 Å². The summed E-state index contributed by atoms with van der Waals surface area (Å²) in [5.74, 6) is -0.137. The molecule has 0 spiro atoms. The van der Waals surface area contributed by atoms with Gasteiger partial charge in [-0.1, -0.05) is 0 Å². The molecule has 0 aliphatic carbocycles. The van der Waals surface area contributed by atoms with Gasteiger partial charge >= 0.3 is 0 Å². The number of sulfonamides is 1. The molecule has 1 aliphatic rings. The third kappa shape index (κ3) is 3.45. The zero-order chi connectivity index (χ0) is 15.8. The molecule has 0 bridgehead atoms. The number of ether oxygens (including phenoxy) is 1. The van der Waals surface area contributed by atoms with Crippen LogP contribution in [-0.2, 0) is 14.8 Å². The monoisotopic (exact) mass is 332 g/mol. The summed E-state index contributed by atoms with van der Waals surface area (Å²) < 4.78 is 30.8. The van der Waals surface area contributed by atoms with Gasteiger partial charge in [-0.05, 0) is 19.9 Å². The van der Waals surface area contributed by atoms with E-state index in [0.29, 0.717) is 18.0 Å². The van der Waals surface area contributed by atoms with Crippen molar-refractivity contribution < 1.29 is 17.9 Å². The van der Waals surface area contributed by atoms with Gasteiger partial charge in [-0.2, -0.15) is 0 Å². The Bertz CT molecular complexity index is 614. The second-order valence-corrected chi connectivity index (χ2v) is 8.46. The molecule has 8 heteroatoms. The Morgan fingerprint density at radius 3 is 2.43 bits per heavy atom. The van der Waals surface area contributed by atoms with Gasteiger partial charge in [-0.3, -0.25) is 4.79 Å². The van der Waals surface area contributed by atoms with Crippen LogP contribution in [0.2, 0.25) is 0 Å². The summed E-state index contributed by atoms with van der Waals surface area (Å²) in [6.07, 6.45) is -0.0229. The molecular weight excluding hydrogens is 312 g/mol. The second kappa shape index (κ2) is 6.04. The van der Waals surface area contributed by atoms with Crippen molar-refractivity contribution in [3.63, 3.8) is 0 Å². The summed E-state index contributed by atoms with van der Waals surface area (Å²) in [6, 6.07) is 1.45. The molecule has 1 fully saturated rings. The Kier molecular flexibility index (Phi) is 4.72. The first-order valence-electron chi connectivity index (χ1n) is 6.67. The molecule has 0 N–H and O–H groups in total. The largest absolute Gasteiger partial charge is 0.372 e. The van der Waals surface area contributed by atoms with Gasteiger partial charge in [0.05, 0.1) is 22.0 Å². The number of rotatable bonds is 3. The van der Waals surface area contributed by atoms with E-state index in [1.807, 2.05) is 13.8 Å². The quantitative estimate of drug-likeness (QED) is 0.835. The highest BCUT2D eigenvalue weighted by Gasteiger charge is 2.28. The zero-order valence-corrected chi connectivity index (χ0v) is 14.2. The van der Waals surface area contributed by atoms with Crippen molar-refractivity contribution in [3.8, 4) is 0 Å². The summed E-state index contributed by atoms with van der Waals surface area (Å²) >= 11 is 1.16. The molecule has 118 valence electrons. The lowest BCUT2D eigenvalue weighted by atomic mass is 10.2. The zero-order valence-electron chi connectivity index (χ0n) is 12.6. The van der Waals surface area contributed by atoms with Gasteiger partial charge in [-0.25, -0.2) is 12.7 Å². The average Bonchev–Trinajstić information content (AvgIpc) is 2.86. The van der Waals surface area contributed by atoms with Crippen LogP contribution in [0.15, 0.2) is 16.3 Å². The van der Waals surface area contributed by atoms with Gasteiger partial charge in [0.2, 0.25) is 10.0 Å². The predicted octanol–water partition coefficient (Wildman–Crippen LogP) is 1.25. The van der Waals surface area contributed by atoms with Crippen LogP contribution in [0.1, 0.15) is 23.5 Å². The number of carbonyl (C=O) groups excluding carboxylic acids is 1. The predicted molar refractivity (Wildman–Crippen MR) is 81.1 cm³/mol. The molecular formula is C13H20N2O4S2. The molecule has 1 aliphatic heterocycles. The number of carbonyl (C=O) groups is 1. The minimum Gasteiger partial charge on any atom is -0.372 e. The second-order valence-electron chi connectivity index (χ2n) is 5.40. The smallest absolute Gasteiger partial charge is 0.264 e. The van der Waals surface area contributed by atoms with E-state index in [0.717, 1.165) is 15.6 Å². The van der Waals surface area contributed by atoms with Crippen molar-refractivity contribution in [2.24, 2.45) is 0 Å². The Morgan fingerprint density at radius 1 is 1.33 bits per heavy atom. The third-order valence-corrected chi connectivity index (χ3v) is 6.13. The molecule has 2 rings (SSSR count). The minimum atomic E-state index is -3.49. The lowest BCUT2D eigenvalue weighted by Crippen LogP contribution is -2.48. The summed E-state index contributed by atoms with van der Waals surface area (Å²) in [5, 5.41) is 1.51. The highest BCUT2D eigenvalue weighted by atomic mass is 32.2. The standard InChI is InChI=1S/C13H20N2O4S2/c1-9-6-15(7-10(2)19-9)13(16)12-5-11(8-20-12)21(17,18)14(3)4/h5,8-10H,6-7H2,1-4H3/t9-,10-/m1/s1. The SMILES string of the molecule is C[C@@H]1CN(C(=O)c2cc(S(=O)(=O)N(C)C)cs2)C[C@@H](C)O1. The van der Waals surface area contributed by atoms with E-state index in [9.17, 15) is 13.2 Å². The fraction of sp³-hybridized carbons (Fsp3) is 0.615. The highest BCUT2D eigenvalue weighted by Crippen LogP contribution is 2.24. The molecule has 1 amide bonds. The fourth-order valence-corrected chi connectivity index (χ4v) is 4.41. The fourth-order valence-electron chi connectivity index (χ4n) is 2.28. The molecule has 1 saturated heterocycles. The average molecular weight is 332 g/mol. The molecule has 0 radical (unpaired) electrons. The van der Waals surface area contributed by atoms with E-state index in [1.165, 1.54) is 25.5 Å². The van der Waals surface area contributed by atoms with Gasteiger partial charge in [0, 0.05) is 32.6 Å². The van der Waals surface area contributed by atoms with Crippen LogP contribution in [0.4, 0.5) is 0 Å². The highest BCUT2D eigenvalue weighted by molar-refractivity contribution is 7.89. The summed E-state index contributed by atoms with van der Waals surface area (Å²) in [7, 11) is -0.549. The number of nitrogens with zero attached hydrogens (tertiary/aromatic N) is 2. The van der Waals surface area contributed by atoms with E-state index in [2.05, 4.69) is 0 Å². The molecule has 1 aromatic heterocycles. The molecule has 0 aromatic carbocycles. The van der Waals surface area contributed by atoms with Crippen LogP contribution in [0.3, 0.4) is 0 Å². The van der Waals surface area contributed by atoms with E-state index >= 15 is 0 Å². The maximum atomic E-state index is 12.5. The van der Waals surface area contributed by atoms with Gasteiger partial charge in [0.25, 0.3) is 5.91 Å². The minimum absolute atomic E-state index is 0.0114. The van der Waals surface area contributed by atoms with E-state index < -0.39 is 10.0 Å². The third-order valence-electron chi connectivity index (χ3n) is 3.27. The van der Waals surface area contributed by atoms with Crippen molar-refractivity contribution in [2.75, 3.05) is 27.2 Å². The number of hydrogen-bond acceptors (Lipinski definition) is 5. The van der Waals surface area contributed by atoms with Gasteiger partial charge < -0.3 is 9.64 Å². The van der Waals surface area contributed by atoms with Crippen molar-refractivity contribution in [3.05, 3.63) is 16.3 Å². The lowest BCUT2D eigenvalue weighted by Gasteiger charge is -2.35. The summed E-state index contributed by atoms with van der Waals surface area (Å²) in [5.41, 5.74) is 0. The van der Waals surface area contributed by atoms with Crippen LogP contribution in [0, 0.1) is 0 Å². The topological polar surface area (TPSA) is 66.9 Å². The van der Waals surface area contributed by atoms with Gasteiger partial charge in [0.15, 0.2) is 0 Å². The maximum Gasteiger partial charge on any atom is 0.264 e. The van der Waals surface area contributed by atoms with E-state index in [4.69, 9.17) is 4.74 Å². The van der Waals surface area contributed by atoms with Crippen molar-refractivity contribution in [2.45, 2.75) is 31.0 Å². The first-order chi connectivity index (χ1) is 9.71. The Balaban J connectivity index is 2.20. The Hall–Kier alpha value is -0.960. The lowest BCUT2D eigenvalue weighted by molar-refractivity contribution is -0.0585. The number of thiophene rings is 1. The first-order valence-corrected chi connectivity index (χ1v) is 8.99. The maximum absolute atomic E-state index is 12.5. The van der Waals surface area contributed by atoms with Crippen LogP contribution in [-0.4, -0.2) is 62.9 Å². The number of hydrogen-bond donors (Lipinski definition) is 0. The molecule has 0 unspecified atom stereocenters. The van der Waals surface area contributed by atoms with Crippen LogP contribution >= 0.6 is 11.3 Å². The van der Waals surface area contributed by atoms with Gasteiger partial charge in [0.1, 0.15) is 0 Å². The van der Waals surface area contributed by atoms with Crippen molar-refractivity contribution >= 4 is 27.3 Å². The first kappa shape index (κ1) is 16.4. The van der Waals surface area contributed by atoms with E-state index in [1.54, 1.807) is 4.90 Å². The van der Waals surface area contributed by atoms with Crippen LogP contribution in [0.25, 0.3) is 0 Å². The Morgan fingerprint density at radius 2 is 1.90 bits per heavy atom. The van der Waals surface area contributed by atoms with Crippen molar-refractivity contribution in [1.82, 2.24) is 9.21 Å². The number of amides is 1. The normalized spacial score (nSPS) is 23.6. The van der Waals surface area contributed by atoms with Crippen LogP contribution in [0.5, 0.6) is 0 Å². The van der Waals surface area contributed by atoms with Crippen LogP contribution < -0.4 is 0 Å². The molecule has 21 heavy (non-hydrogen) atoms. The summed E-state index contributed by atoms with van der Waals surface area (Å²) in [6.45, 7) is 4.90. The summed E-state index contributed by atoms with van der Waals surface area (Å²) in [4.78, 5) is 14.8. The van der Waals surface area contributed by atoms with E-state index in [-0.39, 0.29) is 23.0 Å². The molecule has 0 saturated carbocycles.